The van der Waals surface area contributed by atoms with Gasteiger partial charge in [-0.1, -0.05) is 26.0 Å². The fourth-order valence-corrected chi connectivity index (χ4v) is 4.14. The number of amides is 2. The highest BCUT2D eigenvalue weighted by atomic mass is 16.5. The molecular formula is C20H29N3O3. The molecule has 26 heavy (non-hydrogen) atoms. The number of carbonyl (C=O) groups is 2. The summed E-state index contributed by atoms with van der Waals surface area (Å²) in [5.41, 5.74) is 7.06. The SMILES string of the molecule is COc1ccc(C2C(C(=O)N3CCC(N)C(C)(C)C3)CC(=O)N2C)cc1. The average molecular weight is 359 g/mol. The number of hydrogen-bond acceptors (Lipinski definition) is 4. The molecule has 1 aromatic carbocycles. The van der Waals surface area contributed by atoms with Gasteiger partial charge in [-0.3, -0.25) is 9.59 Å². The first-order chi connectivity index (χ1) is 12.2. The molecule has 142 valence electrons. The molecule has 3 unspecified atom stereocenters. The third kappa shape index (κ3) is 3.30. The lowest BCUT2D eigenvalue weighted by molar-refractivity contribution is -0.140. The zero-order valence-electron chi connectivity index (χ0n) is 16.1. The van der Waals surface area contributed by atoms with E-state index in [2.05, 4.69) is 13.8 Å². The van der Waals surface area contributed by atoms with Crippen molar-refractivity contribution < 1.29 is 14.3 Å². The first-order valence-electron chi connectivity index (χ1n) is 9.18. The van der Waals surface area contributed by atoms with Gasteiger partial charge in [-0.25, -0.2) is 0 Å². The number of nitrogens with two attached hydrogens (primary N) is 1. The minimum atomic E-state index is -0.356. The van der Waals surface area contributed by atoms with E-state index in [-0.39, 0.29) is 41.7 Å². The van der Waals surface area contributed by atoms with Crippen LogP contribution in [0.25, 0.3) is 0 Å². The van der Waals surface area contributed by atoms with Gasteiger partial charge in [0.15, 0.2) is 0 Å². The topological polar surface area (TPSA) is 75.9 Å². The number of hydrogen-bond donors (Lipinski definition) is 1. The second-order valence-corrected chi connectivity index (χ2v) is 8.18. The molecule has 0 aliphatic carbocycles. The van der Waals surface area contributed by atoms with E-state index in [0.717, 1.165) is 17.7 Å². The number of nitrogens with zero attached hydrogens (tertiary/aromatic N) is 2. The van der Waals surface area contributed by atoms with Gasteiger partial charge in [-0.2, -0.15) is 0 Å². The smallest absolute Gasteiger partial charge is 0.228 e. The van der Waals surface area contributed by atoms with Crippen LogP contribution in [0.2, 0.25) is 0 Å². The number of piperidine rings is 1. The molecule has 0 radical (unpaired) electrons. The van der Waals surface area contributed by atoms with Crippen LogP contribution in [0.5, 0.6) is 5.75 Å². The minimum absolute atomic E-state index is 0.0112. The van der Waals surface area contributed by atoms with Crippen molar-refractivity contribution in [1.29, 1.82) is 0 Å². The zero-order valence-corrected chi connectivity index (χ0v) is 16.1. The van der Waals surface area contributed by atoms with Crippen molar-refractivity contribution in [2.75, 3.05) is 27.2 Å². The van der Waals surface area contributed by atoms with E-state index in [9.17, 15) is 9.59 Å². The maximum Gasteiger partial charge on any atom is 0.228 e. The Morgan fingerprint density at radius 1 is 1.27 bits per heavy atom. The lowest BCUT2D eigenvalue weighted by atomic mass is 9.79. The molecule has 0 bridgehead atoms. The summed E-state index contributed by atoms with van der Waals surface area (Å²) < 4.78 is 5.21. The van der Waals surface area contributed by atoms with E-state index in [1.165, 1.54) is 0 Å². The molecule has 2 saturated heterocycles. The predicted molar refractivity (Wildman–Crippen MR) is 99.6 cm³/mol. The molecule has 2 aliphatic heterocycles. The van der Waals surface area contributed by atoms with Crippen LogP contribution < -0.4 is 10.5 Å². The van der Waals surface area contributed by atoms with Gasteiger partial charge in [0.05, 0.1) is 19.1 Å². The molecule has 2 amide bonds. The van der Waals surface area contributed by atoms with Gasteiger partial charge in [0.1, 0.15) is 5.75 Å². The van der Waals surface area contributed by atoms with Crippen molar-refractivity contribution in [2.24, 2.45) is 17.1 Å². The van der Waals surface area contributed by atoms with Crippen LogP contribution in [0.1, 0.15) is 38.3 Å². The Morgan fingerprint density at radius 2 is 1.92 bits per heavy atom. The molecular weight excluding hydrogens is 330 g/mol. The molecule has 3 atom stereocenters. The van der Waals surface area contributed by atoms with Crippen molar-refractivity contribution in [2.45, 2.75) is 38.8 Å². The van der Waals surface area contributed by atoms with E-state index in [0.29, 0.717) is 13.1 Å². The summed E-state index contributed by atoms with van der Waals surface area (Å²) in [6, 6.07) is 7.48. The predicted octanol–water partition coefficient (Wildman–Crippen LogP) is 1.80. The molecule has 0 aromatic heterocycles. The third-order valence-corrected chi connectivity index (χ3v) is 5.98. The number of likely N-dealkylation sites (tertiary alicyclic amines) is 2. The van der Waals surface area contributed by atoms with Gasteiger partial charge < -0.3 is 20.3 Å². The normalized spacial score (nSPS) is 28.3. The first-order valence-corrected chi connectivity index (χ1v) is 9.18. The number of carbonyl (C=O) groups excluding carboxylic acids is 2. The van der Waals surface area contributed by atoms with Crippen LogP contribution in [-0.4, -0.2) is 54.9 Å². The van der Waals surface area contributed by atoms with Crippen LogP contribution >= 0.6 is 0 Å². The van der Waals surface area contributed by atoms with Gasteiger partial charge in [-0.15, -0.1) is 0 Å². The molecule has 1 aromatic rings. The third-order valence-electron chi connectivity index (χ3n) is 5.98. The highest BCUT2D eigenvalue weighted by Gasteiger charge is 2.46. The standard InChI is InChI=1S/C20H29N3O3/c1-20(2)12-23(10-9-16(20)21)19(25)15-11-17(24)22(3)18(15)13-5-7-14(26-4)8-6-13/h5-8,15-16,18H,9-12,21H2,1-4H3. The molecule has 2 heterocycles. The Kier molecular flexibility index (Phi) is 4.97. The molecule has 6 heteroatoms. The summed E-state index contributed by atoms with van der Waals surface area (Å²) in [6.45, 7) is 5.50. The van der Waals surface area contributed by atoms with Crippen LogP contribution in [0.4, 0.5) is 0 Å². The Labute approximate surface area is 155 Å². The highest BCUT2D eigenvalue weighted by Crippen LogP contribution is 2.40. The van der Waals surface area contributed by atoms with E-state index in [1.54, 1.807) is 19.1 Å². The van der Waals surface area contributed by atoms with E-state index in [4.69, 9.17) is 10.5 Å². The van der Waals surface area contributed by atoms with Crippen LogP contribution in [0, 0.1) is 11.3 Å². The van der Waals surface area contributed by atoms with E-state index >= 15 is 0 Å². The van der Waals surface area contributed by atoms with Gasteiger partial charge in [0, 0.05) is 32.6 Å². The average Bonchev–Trinajstić information content (AvgIpc) is 2.92. The summed E-state index contributed by atoms with van der Waals surface area (Å²) in [6.07, 6.45) is 1.05. The Bertz CT molecular complexity index is 686. The maximum atomic E-state index is 13.3. The monoisotopic (exact) mass is 359 g/mol. The molecule has 6 nitrogen and oxygen atoms in total. The first kappa shape index (κ1) is 18.7. The van der Waals surface area contributed by atoms with Crippen molar-refractivity contribution in [3.8, 4) is 5.75 Å². The van der Waals surface area contributed by atoms with Crippen molar-refractivity contribution in [3.63, 3.8) is 0 Å². The largest absolute Gasteiger partial charge is 0.497 e. The fraction of sp³-hybridized carbons (Fsp3) is 0.600. The van der Waals surface area contributed by atoms with Crippen LogP contribution in [0.3, 0.4) is 0 Å². The Balaban J connectivity index is 1.84. The van der Waals surface area contributed by atoms with Gasteiger partial charge in [0.2, 0.25) is 11.8 Å². The molecule has 0 spiro atoms. The summed E-state index contributed by atoms with van der Waals surface area (Å²) in [4.78, 5) is 29.2. The van der Waals surface area contributed by atoms with Crippen LogP contribution in [0.15, 0.2) is 24.3 Å². The minimum Gasteiger partial charge on any atom is -0.497 e. The molecule has 2 N–H and O–H groups in total. The number of benzene rings is 1. The summed E-state index contributed by atoms with van der Waals surface area (Å²) in [5.74, 6) is 0.474. The number of rotatable bonds is 3. The second-order valence-electron chi connectivity index (χ2n) is 8.18. The molecule has 3 rings (SSSR count). The summed E-state index contributed by atoms with van der Waals surface area (Å²) >= 11 is 0. The fourth-order valence-electron chi connectivity index (χ4n) is 4.14. The molecule has 2 aliphatic rings. The van der Waals surface area contributed by atoms with E-state index < -0.39 is 0 Å². The van der Waals surface area contributed by atoms with Gasteiger partial charge in [-0.05, 0) is 29.5 Å². The van der Waals surface area contributed by atoms with Crippen LogP contribution in [-0.2, 0) is 9.59 Å². The maximum absolute atomic E-state index is 13.3. The zero-order chi connectivity index (χ0) is 19.1. The summed E-state index contributed by atoms with van der Waals surface area (Å²) in [5, 5.41) is 0. The Hall–Kier alpha value is -2.08. The molecule has 2 fully saturated rings. The highest BCUT2D eigenvalue weighted by molar-refractivity contribution is 5.90. The van der Waals surface area contributed by atoms with Crippen molar-refractivity contribution in [3.05, 3.63) is 29.8 Å². The van der Waals surface area contributed by atoms with Crippen molar-refractivity contribution in [1.82, 2.24) is 9.80 Å². The number of ether oxygens (including phenoxy) is 1. The molecule has 0 saturated carbocycles. The lowest BCUT2D eigenvalue weighted by Crippen LogP contribution is -2.55. The van der Waals surface area contributed by atoms with E-state index in [1.807, 2.05) is 29.2 Å². The summed E-state index contributed by atoms with van der Waals surface area (Å²) in [7, 11) is 3.40. The van der Waals surface area contributed by atoms with Gasteiger partial charge >= 0.3 is 0 Å². The lowest BCUT2D eigenvalue weighted by Gasteiger charge is -2.43. The van der Waals surface area contributed by atoms with Crippen molar-refractivity contribution >= 4 is 11.8 Å². The second kappa shape index (κ2) is 6.91. The Morgan fingerprint density at radius 3 is 2.50 bits per heavy atom. The quantitative estimate of drug-likeness (QED) is 0.893. The van der Waals surface area contributed by atoms with Gasteiger partial charge in [0.25, 0.3) is 0 Å². The number of methoxy groups -OCH3 is 1.